The van der Waals surface area contributed by atoms with Crippen molar-refractivity contribution in [2.45, 2.75) is 44.8 Å². The number of urea groups is 1. The van der Waals surface area contributed by atoms with Gasteiger partial charge in [-0.05, 0) is 49.9 Å². The van der Waals surface area contributed by atoms with E-state index in [4.69, 9.17) is 4.74 Å². The number of hydrogen-bond donors (Lipinski definition) is 1. The van der Waals surface area contributed by atoms with Crippen LogP contribution in [0.3, 0.4) is 0 Å². The average Bonchev–Trinajstić information content (AvgIpc) is 3.46. The summed E-state index contributed by atoms with van der Waals surface area (Å²) in [7, 11) is 1.62. The molecule has 4 nitrogen and oxygen atoms in total. The number of hydrogen-bond acceptors (Lipinski definition) is 2. The highest BCUT2D eigenvalue weighted by atomic mass is 19.1. The van der Waals surface area contributed by atoms with Gasteiger partial charge in [0.15, 0.2) is 0 Å². The molecule has 1 N–H and O–H groups in total. The summed E-state index contributed by atoms with van der Waals surface area (Å²) >= 11 is 0. The van der Waals surface area contributed by atoms with Crippen molar-refractivity contribution in [1.82, 2.24) is 10.2 Å². The Labute approximate surface area is 158 Å². The summed E-state index contributed by atoms with van der Waals surface area (Å²) in [5, 5.41) is 2.99. The van der Waals surface area contributed by atoms with Crippen molar-refractivity contribution in [3.8, 4) is 5.75 Å². The Hall–Kier alpha value is -2.63. The van der Waals surface area contributed by atoms with Crippen LogP contribution >= 0.6 is 0 Å². The molecule has 1 fully saturated rings. The SMILES string of the molecule is COc1cccc(CC(C)NC(=O)N(Cc2ccc(F)cc2F)C2CC2)c1. The van der Waals surface area contributed by atoms with Gasteiger partial charge in [0, 0.05) is 23.7 Å². The second kappa shape index (κ2) is 8.37. The van der Waals surface area contributed by atoms with Gasteiger partial charge in [-0.15, -0.1) is 0 Å². The molecule has 0 radical (unpaired) electrons. The predicted octanol–water partition coefficient (Wildman–Crippen LogP) is 4.28. The van der Waals surface area contributed by atoms with Crippen LogP contribution in [-0.4, -0.2) is 30.1 Å². The Balaban J connectivity index is 1.62. The molecule has 2 amide bonds. The molecule has 2 aromatic rings. The largest absolute Gasteiger partial charge is 0.497 e. The van der Waals surface area contributed by atoms with Crippen molar-refractivity contribution >= 4 is 6.03 Å². The van der Waals surface area contributed by atoms with Crippen LogP contribution in [0, 0.1) is 11.6 Å². The van der Waals surface area contributed by atoms with E-state index in [0.717, 1.165) is 30.2 Å². The lowest BCUT2D eigenvalue weighted by atomic mass is 10.1. The van der Waals surface area contributed by atoms with Crippen LogP contribution in [0.2, 0.25) is 0 Å². The molecule has 2 aromatic carbocycles. The first-order valence-electron chi connectivity index (χ1n) is 9.10. The zero-order valence-electron chi connectivity index (χ0n) is 15.5. The number of nitrogens with one attached hydrogen (secondary N) is 1. The van der Waals surface area contributed by atoms with E-state index in [1.54, 1.807) is 12.0 Å². The number of halogens is 2. The fourth-order valence-corrected chi connectivity index (χ4v) is 3.08. The molecule has 0 bridgehead atoms. The molecule has 144 valence electrons. The summed E-state index contributed by atoms with van der Waals surface area (Å²) in [4.78, 5) is 14.4. The summed E-state index contributed by atoms with van der Waals surface area (Å²) in [6, 6.07) is 11.0. The van der Waals surface area contributed by atoms with Gasteiger partial charge in [-0.3, -0.25) is 0 Å². The molecule has 1 aliphatic rings. The van der Waals surface area contributed by atoms with Crippen molar-refractivity contribution < 1.29 is 18.3 Å². The van der Waals surface area contributed by atoms with Crippen LogP contribution < -0.4 is 10.1 Å². The third kappa shape index (κ3) is 5.18. The van der Waals surface area contributed by atoms with Gasteiger partial charge in [-0.2, -0.15) is 0 Å². The molecule has 0 aromatic heterocycles. The topological polar surface area (TPSA) is 41.6 Å². The third-order valence-electron chi connectivity index (χ3n) is 4.65. The number of ether oxygens (including phenoxy) is 1. The zero-order valence-corrected chi connectivity index (χ0v) is 15.5. The highest BCUT2D eigenvalue weighted by molar-refractivity contribution is 5.75. The molecule has 1 atom stereocenters. The molecule has 27 heavy (non-hydrogen) atoms. The molecule has 0 saturated heterocycles. The van der Waals surface area contributed by atoms with Crippen LogP contribution in [0.1, 0.15) is 30.9 Å². The molecule has 6 heteroatoms. The Morgan fingerprint density at radius 1 is 1.26 bits per heavy atom. The second-order valence-corrected chi connectivity index (χ2v) is 7.00. The van der Waals surface area contributed by atoms with Crippen molar-refractivity contribution in [3.63, 3.8) is 0 Å². The number of methoxy groups -OCH3 is 1. The van der Waals surface area contributed by atoms with Crippen LogP contribution in [0.25, 0.3) is 0 Å². The minimum absolute atomic E-state index is 0.0936. The van der Waals surface area contributed by atoms with Crippen LogP contribution in [0.15, 0.2) is 42.5 Å². The maximum Gasteiger partial charge on any atom is 0.318 e. The number of benzene rings is 2. The number of carbonyl (C=O) groups excluding carboxylic acids is 1. The predicted molar refractivity (Wildman–Crippen MR) is 99.6 cm³/mol. The Morgan fingerprint density at radius 3 is 2.70 bits per heavy atom. The highest BCUT2D eigenvalue weighted by Crippen LogP contribution is 2.29. The minimum atomic E-state index is -0.627. The van der Waals surface area contributed by atoms with Gasteiger partial charge >= 0.3 is 6.03 Å². The van der Waals surface area contributed by atoms with Gasteiger partial charge in [0.25, 0.3) is 0 Å². The lowest BCUT2D eigenvalue weighted by molar-refractivity contribution is 0.188. The van der Waals surface area contributed by atoms with E-state index in [1.165, 1.54) is 12.1 Å². The molecule has 1 aliphatic carbocycles. The fourth-order valence-electron chi connectivity index (χ4n) is 3.08. The van der Waals surface area contributed by atoms with E-state index < -0.39 is 11.6 Å². The van der Waals surface area contributed by atoms with Gasteiger partial charge in [0.2, 0.25) is 0 Å². The van der Waals surface area contributed by atoms with Gasteiger partial charge in [0.05, 0.1) is 13.7 Å². The first kappa shape index (κ1) is 19.1. The molecule has 1 saturated carbocycles. The second-order valence-electron chi connectivity index (χ2n) is 7.00. The van der Waals surface area contributed by atoms with Crippen molar-refractivity contribution in [2.24, 2.45) is 0 Å². The highest BCUT2D eigenvalue weighted by Gasteiger charge is 2.33. The molecule has 0 aliphatic heterocycles. The van der Waals surface area contributed by atoms with E-state index >= 15 is 0 Å². The normalized spacial score (nSPS) is 14.5. The Bertz CT molecular complexity index is 809. The molecular weight excluding hydrogens is 350 g/mol. The van der Waals surface area contributed by atoms with Crippen LogP contribution in [-0.2, 0) is 13.0 Å². The molecule has 0 spiro atoms. The lowest BCUT2D eigenvalue weighted by Crippen LogP contribution is -2.45. The summed E-state index contributed by atoms with van der Waals surface area (Å²) in [5.74, 6) is -0.471. The summed E-state index contributed by atoms with van der Waals surface area (Å²) in [5.41, 5.74) is 1.38. The number of nitrogens with zero attached hydrogens (tertiary/aromatic N) is 1. The minimum Gasteiger partial charge on any atom is -0.497 e. The van der Waals surface area contributed by atoms with E-state index in [1.807, 2.05) is 31.2 Å². The molecule has 1 unspecified atom stereocenters. The lowest BCUT2D eigenvalue weighted by Gasteiger charge is -2.25. The maximum absolute atomic E-state index is 14.0. The quantitative estimate of drug-likeness (QED) is 0.786. The Kier molecular flexibility index (Phi) is 5.94. The van der Waals surface area contributed by atoms with Gasteiger partial charge in [-0.25, -0.2) is 13.6 Å². The summed E-state index contributed by atoms with van der Waals surface area (Å²) in [6.45, 7) is 2.06. The Morgan fingerprint density at radius 2 is 2.04 bits per heavy atom. The fraction of sp³-hybridized carbons (Fsp3) is 0.381. The average molecular weight is 374 g/mol. The van der Waals surface area contributed by atoms with Crippen molar-refractivity contribution in [3.05, 3.63) is 65.2 Å². The maximum atomic E-state index is 14.0. The van der Waals surface area contributed by atoms with Crippen LogP contribution in [0.4, 0.5) is 13.6 Å². The van der Waals surface area contributed by atoms with Crippen molar-refractivity contribution in [1.29, 1.82) is 0 Å². The standard InChI is InChI=1S/C21H24F2N2O2/c1-14(10-15-4-3-5-19(11-15)27-2)24-21(26)25(18-8-9-18)13-16-6-7-17(22)12-20(16)23/h3-7,11-12,14,18H,8-10,13H2,1-2H3,(H,24,26). The number of rotatable bonds is 7. The van der Waals surface area contributed by atoms with E-state index in [2.05, 4.69) is 5.32 Å². The summed E-state index contributed by atoms with van der Waals surface area (Å²) < 4.78 is 32.3. The number of carbonyl (C=O) groups is 1. The van der Waals surface area contributed by atoms with Crippen LogP contribution in [0.5, 0.6) is 5.75 Å². The van der Waals surface area contributed by atoms with Gasteiger partial charge < -0.3 is 15.0 Å². The summed E-state index contributed by atoms with van der Waals surface area (Å²) in [6.07, 6.45) is 2.47. The van der Waals surface area contributed by atoms with E-state index in [0.29, 0.717) is 12.0 Å². The van der Waals surface area contributed by atoms with E-state index in [9.17, 15) is 13.6 Å². The molecule has 3 rings (SSSR count). The molecule has 0 heterocycles. The zero-order chi connectivity index (χ0) is 19.4. The monoisotopic (exact) mass is 374 g/mol. The number of amides is 2. The third-order valence-corrected chi connectivity index (χ3v) is 4.65. The van der Waals surface area contributed by atoms with E-state index in [-0.39, 0.29) is 24.7 Å². The first-order chi connectivity index (χ1) is 13.0. The van der Waals surface area contributed by atoms with Gasteiger partial charge in [-0.1, -0.05) is 18.2 Å². The van der Waals surface area contributed by atoms with Crippen molar-refractivity contribution in [2.75, 3.05) is 7.11 Å². The van der Waals surface area contributed by atoms with Gasteiger partial charge in [0.1, 0.15) is 17.4 Å². The molecular formula is C21H24F2N2O2. The first-order valence-corrected chi connectivity index (χ1v) is 9.10. The smallest absolute Gasteiger partial charge is 0.318 e.